The molecule has 4 aromatic rings. The molecule has 40 heavy (non-hydrogen) atoms. The summed E-state index contributed by atoms with van der Waals surface area (Å²) in [5.41, 5.74) is 5.98. The summed E-state index contributed by atoms with van der Waals surface area (Å²) in [6.45, 7) is 11.5. The van der Waals surface area contributed by atoms with E-state index in [4.69, 9.17) is 0 Å². The molecule has 1 saturated carbocycles. The molecule has 3 N–H and O–H groups in total. The molecule has 10 nitrogen and oxygen atoms in total. The van der Waals surface area contributed by atoms with E-state index in [0.29, 0.717) is 17.6 Å². The number of H-pyrrole nitrogens is 1. The summed E-state index contributed by atoms with van der Waals surface area (Å²) in [7, 11) is 0. The van der Waals surface area contributed by atoms with Gasteiger partial charge in [0, 0.05) is 72.3 Å². The summed E-state index contributed by atoms with van der Waals surface area (Å²) in [4.78, 5) is 18.5. The molecule has 5 rings (SSSR count). The SMILES string of the molecule is C=C/C(=C\N=C(C)n1ccc(C2CC2)n1)CCNCCc1ccc(-c2nc(C)cc(Nc3cc(C)[nH]n3)n2)cn1. The van der Waals surface area contributed by atoms with Gasteiger partial charge in [0.05, 0.1) is 5.69 Å². The number of aliphatic imine (C=N–C) groups is 1. The monoisotopic (exact) mass is 536 g/mol. The fourth-order valence-corrected chi connectivity index (χ4v) is 4.22. The predicted molar refractivity (Wildman–Crippen MR) is 159 cm³/mol. The van der Waals surface area contributed by atoms with Gasteiger partial charge in [-0.2, -0.15) is 10.2 Å². The molecule has 4 aromatic heterocycles. The second-order valence-corrected chi connectivity index (χ2v) is 10.1. The van der Waals surface area contributed by atoms with E-state index in [9.17, 15) is 0 Å². The van der Waals surface area contributed by atoms with Gasteiger partial charge in [0.2, 0.25) is 0 Å². The molecule has 0 bridgehead atoms. The molecule has 0 aromatic carbocycles. The number of aromatic amines is 1. The number of allylic oxidation sites excluding steroid dienone is 1. The highest BCUT2D eigenvalue weighted by Gasteiger charge is 2.25. The van der Waals surface area contributed by atoms with Crippen LogP contribution < -0.4 is 10.6 Å². The third-order valence-electron chi connectivity index (χ3n) is 6.66. The summed E-state index contributed by atoms with van der Waals surface area (Å²) >= 11 is 0. The lowest BCUT2D eigenvalue weighted by Gasteiger charge is -2.08. The largest absolute Gasteiger partial charge is 0.323 e. The minimum Gasteiger partial charge on any atom is -0.323 e. The van der Waals surface area contributed by atoms with Crippen LogP contribution in [-0.2, 0) is 6.42 Å². The van der Waals surface area contributed by atoms with Gasteiger partial charge < -0.3 is 10.6 Å². The van der Waals surface area contributed by atoms with Crippen LogP contribution in [0, 0.1) is 13.8 Å². The van der Waals surface area contributed by atoms with Crippen molar-refractivity contribution in [3.63, 3.8) is 0 Å². The summed E-state index contributed by atoms with van der Waals surface area (Å²) in [5.74, 6) is 3.54. The Labute approximate surface area is 234 Å². The van der Waals surface area contributed by atoms with Gasteiger partial charge in [-0.1, -0.05) is 12.7 Å². The van der Waals surface area contributed by atoms with Crippen molar-refractivity contribution in [1.82, 2.24) is 40.2 Å². The van der Waals surface area contributed by atoms with Crippen molar-refractivity contribution < 1.29 is 0 Å². The number of hydrogen-bond donors (Lipinski definition) is 3. The zero-order valence-corrected chi connectivity index (χ0v) is 23.4. The minimum atomic E-state index is 0.629. The second-order valence-electron chi connectivity index (χ2n) is 10.1. The highest BCUT2D eigenvalue weighted by Crippen LogP contribution is 2.38. The smallest absolute Gasteiger partial charge is 0.163 e. The highest BCUT2D eigenvalue weighted by molar-refractivity contribution is 5.81. The third-order valence-corrected chi connectivity index (χ3v) is 6.66. The van der Waals surface area contributed by atoms with Gasteiger partial charge in [-0.05, 0) is 70.4 Å². The van der Waals surface area contributed by atoms with Crippen LogP contribution >= 0.6 is 0 Å². The number of nitrogens with zero attached hydrogens (tertiary/aromatic N) is 7. The van der Waals surface area contributed by atoms with Crippen LogP contribution in [0.2, 0.25) is 0 Å². The lowest BCUT2D eigenvalue weighted by molar-refractivity contribution is 0.676. The fraction of sp³-hybridized carbons (Fsp3) is 0.333. The normalized spacial score (nSPS) is 14.0. The van der Waals surface area contributed by atoms with E-state index in [1.807, 2.05) is 74.4 Å². The number of rotatable bonds is 12. The van der Waals surface area contributed by atoms with Gasteiger partial charge in [-0.3, -0.25) is 10.1 Å². The van der Waals surface area contributed by atoms with Gasteiger partial charge in [-0.15, -0.1) is 0 Å². The van der Waals surface area contributed by atoms with Crippen molar-refractivity contribution in [2.24, 2.45) is 4.99 Å². The van der Waals surface area contributed by atoms with Crippen molar-refractivity contribution in [3.05, 3.63) is 89.9 Å². The topological polar surface area (TPSA) is 122 Å². The van der Waals surface area contributed by atoms with Gasteiger partial charge in [0.15, 0.2) is 11.6 Å². The minimum absolute atomic E-state index is 0.629. The number of aromatic nitrogens is 7. The first-order valence-electron chi connectivity index (χ1n) is 13.7. The van der Waals surface area contributed by atoms with E-state index in [1.165, 1.54) is 18.5 Å². The molecule has 1 fully saturated rings. The summed E-state index contributed by atoms with van der Waals surface area (Å²) < 4.78 is 1.85. The van der Waals surface area contributed by atoms with Crippen molar-refractivity contribution in [2.45, 2.75) is 52.4 Å². The molecule has 1 aliphatic rings. The first-order valence-corrected chi connectivity index (χ1v) is 13.7. The third kappa shape index (κ3) is 7.35. The Hall–Kier alpha value is -4.44. The van der Waals surface area contributed by atoms with Crippen LogP contribution in [0.4, 0.5) is 11.6 Å². The van der Waals surface area contributed by atoms with E-state index < -0.39 is 0 Å². The quantitative estimate of drug-likeness (QED) is 0.0978. The Kier molecular flexibility index (Phi) is 8.56. The molecule has 0 amide bonds. The molecule has 0 radical (unpaired) electrons. The number of anilines is 2. The van der Waals surface area contributed by atoms with Crippen LogP contribution in [-0.4, -0.2) is 53.9 Å². The molecule has 4 heterocycles. The molecular formula is C30H36N10. The first-order chi connectivity index (χ1) is 19.5. The van der Waals surface area contributed by atoms with E-state index in [-0.39, 0.29) is 0 Å². The summed E-state index contributed by atoms with van der Waals surface area (Å²) in [5, 5.41) is 18.5. The molecule has 10 heteroatoms. The predicted octanol–water partition coefficient (Wildman–Crippen LogP) is 5.25. The zero-order chi connectivity index (χ0) is 27.9. The fourth-order valence-electron chi connectivity index (χ4n) is 4.22. The Morgan fingerprint density at radius 3 is 2.75 bits per heavy atom. The van der Waals surface area contributed by atoms with E-state index in [1.54, 1.807) is 0 Å². The Morgan fingerprint density at radius 1 is 1.15 bits per heavy atom. The number of pyridine rings is 1. The molecule has 206 valence electrons. The molecule has 0 atom stereocenters. The standard InChI is InChI=1S/C30H36N10/c1-5-23(18-32-22(4)40-15-12-27(39-40)24-6-7-24)10-13-31-14-11-26-9-8-25(19-33-26)30-34-20(2)16-28(36-30)35-29-17-21(3)37-38-29/h5,8-9,12,15-19,24,31H,1,6-7,10-11,13-14H2,2-4H3,(H2,34,35,36,37,38)/b23-18+,32-22?. The Morgan fingerprint density at radius 2 is 2.02 bits per heavy atom. The van der Waals surface area contributed by atoms with E-state index >= 15 is 0 Å². The molecule has 0 unspecified atom stereocenters. The lowest BCUT2D eigenvalue weighted by Crippen LogP contribution is -2.19. The van der Waals surface area contributed by atoms with Crippen molar-refractivity contribution in [2.75, 3.05) is 18.4 Å². The van der Waals surface area contributed by atoms with Gasteiger partial charge in [0.1, 0.15) is 11.7 Å². The van der Waals surface area contributed by atoms with Crippen LogP contribution in [0.15, 0.2) is 72.1 Å². The van der Waals surface area contributed by atoms with Crippen molar-refractivity contribution in [1.29, 1.82) is 0 Å². The Balaban J connectivity index is 1.08. The highest BCUT2D eigenvalue weighted by atomic mass is 15.3. The molecule has 0 aliphatic heterocycles. The molecular weight excluding hydrogens is 500 g/mol. The number of hydrogen-bond acceptors (Lipinski definition) is 8. The molecule has 1 aliphatic carbocycles. The second kappa shape index (κ2) is 12.6. The van der Waals surface area contributed by atoms with Gasteiger partial charge >= 0.3 is 0 Å². The summed E-state index contributed by atoms with van der Waals surface area (Å²) in [6.07, 6.45) is 11.7. The molecule has 0 saturated heterocycles. The Bertz CT molecular complexity index is 1510. The van der Waals surface area contributed by atoms with Crippen LogP contribution in [0.5, 0.6) is 0 Å². The van der Waals surface area contributed by atoms with Crippen molar-refractivity contribution in [3.8, 4) is 11.4 Å². The van der Waals surface area contributed by atoms with Crippen LogP contribution in [0.1, 0.15) is 54.9 Å². The number of nitrogens with one attached hydrogen (secondary N) is 3. The maximum atomic E-state index is 4.65. The van der Waals surface area contributed by atoms with Crippen LogP contribution in [0.3, 0.4) is 0 Å². The van der Waals surface area contributed by atoms with Crippen LogP contribution in [0.25, 0.3) is 11.4 Å². The van der Waals surface area contributed by atoms with E-state index in [2.05, 4.69) is 58.5 Å². The van der Waals surface area contributed by atoms with Gasteiger partial charge in [-0.25, -0.2) is 19.6 Å². The van der Waals surface area contributed by atoms with E-state index in [0.717, 1.165) is 65.8 Å². The zero-order valence-electron chi connectivity index (χ0n) is 23.4. The lowest BCUT2D eigenvalue weighted by atomic mass is 10.2. The van der Waals surface area contributed by atoms with Crippen molar-refractivity contribution >= 4 is 17.5 Å². The average Bonchev–Trinajstić information content (AvgIpc) is 3.54. The summed E-state index contributed by atoms with van der Waals surface area (Å²) in [6, 6.07) is 9.97. The maximum absolute atomic E-state index is 4.65. The first kappa shape index (κ1) is 27.1. The maximum Gasteiger partial charge on any atom is 0.163 e. The average molecular weight is 537 g/mol. The van der Waals surface area contributed by atoms with Gasteiger partial charge in [0.25, 0.3) is 0 Å². The number of aryl methyl sites for hydroxylation is 2. The molecule has 0 spiro atoms.